The molecule has 0 fully saturated rings. The molecule has 14 N–H and O–H groups in total. The van der Waals surface area contributed by atoms with E-state index >= 15 is 0 Å². The zero-order chi connectivity index (χ0) is 34.2. The van der Waals surface area contributed by atoms with E-state index in [4.69, 9.17) is 28.7 Å². The highest BCUT2D eigenvalue weighted by Crippen LogP contribution is 2.22. The number of carbonyl (C=O) groups is 4. The molecule has 14 nitrogen and oxygen atoms in total. The van der Waals surface area contributed by atoms with Crippen LogP contribution in [0.2, 0.25) is 0 Å². The first-order valence-electron chi connectivity index (χ1n) is 15.4. The van der Waals surface area contributed by atoms with Crippen molar-refractivity contribution < 1.29 is 24.3 Å². The Balaban J connectivity index is 2.30. The fraction of sp³-hybridized carbons (Fsp3) is 0.469. The molecule has 0 aliphatic rings. The van der Waals surface area contributed by atoms with Gasteiger partial charge in [0.15, 0.2) is 5.96 Å². The summed E-state index contributed by atoms with van der Waals surface area (Å²) in [6.07, 6.45) is 2.27. The van der Waals surface area contributed by atoms with Crippen molar-refractivity contribution in [2.75, 3.05) is 13.1 Å². The molecule has 4 amide bonds. The number of guanidine groups is 1. The number of nitrogens with one attached hydrogen (secondary N) is 3. The third kappa shape index (κ3) is 12.7. The third-order valence-electron chi connectivity index (χ3n) is 7.55. The van der Waals surface area contributed by atoms with E-state index in [0.717, 1.165) is 11.1 Å². The first kappa shape index (κ1) is 37.5. The number of phenolic OH excluding ortho intramolecular Hbond substituents is 1. The van der Waals surface area contributed by atoms with E-state index in [9.17, 15) is 24.3 Å². The molecule has 252 valence electrons. The summed E-state index contributed by atoms with van der Waals surface area (Å²) in [6.45, 7) is 4.25. The van der Waals surface area contributed by atoms with Gasteiger partial charge in [-0.05, 0) is 86.9 Å². The van der Waals surface area contributed by atoms with Gasteiger partial charge >= 0.3 is 0 Å². The van der Waals surface area contributed by atoms with Crippen molar-refractivity contribution in [2.45, 2.75) is 83.0 Å². The van der Waals surface area contributed by atoms with Crippen molar-refractivity contribution in [1.29, 1.82) is 0 Å². The number of hydrogen-bond acceptors (Lipinski definition) is 8. The van der Waals surface area contributed by atoms with Crippen LogP contribution in [0.1, 0.15) is 54.4 Å². The van der Waals surface area contributed by atoms with Crippen molar-refractivity contribution in [3.63, 3.8) is 0 Å². The van der Waals surface area contributed by atoms with Gasteiger partial charge in [0.1, 0.15) is 23.9 Å². The molecule has 46 heavy (non-hydrogen) atoms. The lowest BCUT2D eigenvalue weighted by Gasteiger charge is -2.26. The van der Waals surface area contributed by atoms with Gasteiger partial charge in [-0.2, -0.15) is 0 Å². The second kappa shape index (κ2) is 19.0. The number of phenols is 1. The summed E-state index contributed by atoms with van der Waals surface area (Å²) in [5.41, 5.74) is 31.1. The third-order valence-corrected chi connectivity index (χ3v) is 7.55. The normalized spacial score (nSPS) is 13.5. The summed E-state index contributed by atoms with van der Waals surface area (Å²) in [5.74, 6) is -2.51. The summed E-state index contributed by atoms with van der Waals surface area (Å²) < 4.78 is 0. The van der Waals surface area contributed by atoms with E-state index in [1.54, 1.807) is 26.0 Å². The zero-order valence-corrected chi connectivity index (χ0v) is 26.6. The maximum absolute atomic E-state index is 13.8. The highest BCUT2D eigenvalue weighted by molar-refractivity contribution is 5.94. The Morgan fingerprint density at radius 2 is 1.37 bits per heavy atom. The van der Waals surface area contributed by atoms with Crippen molar-refractivity contribution in [2.24, 2.45) is 33.7 Å². The number of nitrogens with two attached hydrogens (primary N) is 5. The largest absolute Gasteiger partial charge is 0.508 e. The van der Waals surface area contributed by atoms with Gasteiger partial charge in [0.2, 0.25) is 23.6 Å². The molecule has 0 aliphatic carbocycles. The van der Waals surface area contributed by atoms with Crippen molar-refractivity contribution >= 4 is 29.6 Å². The quantitative estimate of drug-likeness (QED) is 0.0530. The lowest BCUT2D eigenvalue weighted by atomic mass is 9.95. The van der Waals surface area contributed by atoms with Crippen LogP contribution in [0.4, 0.5) is 0 Å². The molecule has 0 aromatic heterocycles. The number of primary amides is 1. The van der Waals surface area contributed by atoms with Crippen LogP contribution in [0.15, 0.2) is 47.5 Å². The van der Waals surface area contributed by atoms with E-state index in [1.807, 2.05) is 30.3 Å². The summed E-state index contributed by atoms with van der Waals surface area (Å²) in [4.78, 5) is 56.6. The average molecular weight is 640 g/mol. The Hall–Kier alpha value is -4.69. The van der Waals surface area contributed by atoms with Gasteiger partial charge < -0.3 is 49.7 Å². The number of hydrogen-bond donors (Lipinski definition) is 9. The topological polar surface area (TPSA) is 267 Å². The number of rotatable bonds is 19. The Kier molecular flexibility index (Phi) is 15.5. The van der Waals surface area contributed by atoms with Crippen LogP contribution in [-0.4, -0.2) is 72.0 Å². The molecular weight excluding hydrogens is 590 g/mol. The molecule has 2 aromatic carbocycles. The second-order valence-corrected chi connectivity index (χ2v) is 11.4. The first-order chi connectivity index (χ1) is 21.8. The molecular formula is C32H49N9O5. The average Bonchev–Trinajstić information content (AvgIpc) is 2.99. The van der Waals surface area contributed by atoms with Gasteiger partial charge in [0.05, 0.1) is 6.04 Å². The van der Waals surface area contributed by atoms with Crippen LogP contribution in [0.5, 0.6) is 5.75 Å². The lowest BCUT2D eigenvalue weighted by molar-refractivity contribution is -0.133. The smallest absolute Gasteiger partial charge is 0.243 e. The van der Waals surface area contributed by atoms with E-state index in [1.165, 1.54) is 0 Å². The minimum atomic E-state index is -1.13. The van der Waals surface area contributed by atoms with Gasteiger partial charge in [-0.1, -0.05) is 30.3 Å². The van der Waals surface area contributed by atoms with Gasteiger partial charge in [-0.15, -0.1) is 0 Å². The molecule has 0 aliphatic heterocycles. The molecule has 0 unspecified atom stereocenters. The molecule has 0 spiro atoms. The summed E-state index contributed by atoms with van der Waals surface area (Å²) in [6, 6.07) is 8.07. The van der Waals surface area contributed by atoms with Crippen LogP contribution in [0.3, 0.4) is 0 Å². The maximum Gasteiger partial charge on any atom is 0.243 e. The lowest BCUT2D eigenvalue weighted by Crippen LogP contribution is -2.58. The number of aromatic hydroxyl groups is 1. The van der Waals surface area contributed by atoms with E-state index in [0.29, 0.717) is 36.9 Å². The van der Waals surface area contributed by atoms with E-state index in [2.05, 4.69) is 20.9 Å². The highest BCUT2D eigenvalue weighted by atomic mass is 16.3. The molecule has 0 saturated carbocycles. The molecule has 2 rings (SSSR count). The summed E-state index contributed by atoms with van der Waals surface area (Å²) in [5, 5.41) is 18.2. The van der Waals surface area contributed by atoms with Gasteiger partial charge in [0, 0.05) is 19.4 Å². The zero-order valence-electron chi connectivity index (χ0n) is 26.6. The number of benzene rings is 2. The van der Waals surface area contributed by atoms with Crippen LogP contribution in [0.25, 0.3) is 0 Å². The number of aryl methyl sites for hydroxylation is 2. The Bertz CT molecular complexity index is 1330. The minimum absolute atomic E-state index is 0.0608. The number of aliphatic imine (C=N–C) groups is 1. The summed E-state index contributed by atoms with van der Waals surface area (Å²) >= 11 is 0. The molecule has 14 heteroatoms. The fourth-order valence-electron chi connectivity index (χ4n) is 5.01. The molecule has 0 saturated heterocycles. The SMILES string of the molecule is Cc1cc(O)cc(C)c1C[C@H](NC(=O)[C@@H](N)CCCN=C(N)N)C(=O)N[C@@H](CCCCN)C(=O)N[C@@H](Cc1ccccc1)C(N)=O. The molecule has 0 bridgehead atoms. The number of unbranched alkanes of at least 4 members (excludes halogenated alkanes) is 1. The Labute approximate surface area is 269 Å². The van der Waals surface area contributed by atoms with Gasteiger partial charge in [-0.3, -0.25) is 24.2 Å². The van der Waals surface area contributed by atoms with Crippen LogP contribution in [-0.2, 0) is 32.0 Å². The molecule has 0 radical (unpaired) electrons. The van der Waals surface area contributed by atoms with Crippen LogP contribution in [0, 0.1) is 13.8 Å². The standard InChI is InChI=1S/C32H49N9O5/c1-19-15-22(42)16-20(2)23(19)18-27(41-29(44)24(34)11-8-14-38-32(36)37)31(46)39-25(12-6-7-13-33)30(45)40-26(28(35)43)17-21-9-4-3-5-10-21/h3-5,9-10,15-16,24-27,42H,6-8,11-14,17-18,33-34H2,1-2H3,(H2,35,43)(H,39,46)(H,40,45)(H,41,44)(H4,36,37,38)/t24-,25-,26-,27-/m0/s1. The predicted octanol–water partition coefficient (Wildman–Crippen LogP) is -0.756. The van der Waals surface area contributed by atoms with E-state index in [-0.39, 0.29) is 43.9 Å². The monoisotopic (exact) mass is 639 g/mol. The number of amides is 4. The minimum Gasteiger partial charge on any atom is -0.508 e. The highest BCUT2D eigenvalue weighted by Gasteiger charge is 2.30. The number of carbonyl (C=O) groups excluding carboxylic acids is 4. The Morgan fingerprint density at radius 1 is 0.783 bits per heavy atom. The summed E-state index contributed by atoms with van der Waals surface area (Å²) in [7, 11) is 0. The van der Waals surface area contributed by atoms with Gasteiger partial charge in [-0.25, -0.2) is 0 Å². The van der Waals surface area contributed by atoms with Crippen LogP contribution < -0.4 is 44.6 Å². The fourth-order valence-corrected chi connectivity index (χ4v) is 5.01. The van der Waals surface area contributed by atoms with E-state index < -0.39 is 47.8 Å². The maximum atomic E-state index is 13.8. The van der Waals surface area contributed by atoms with Crippen molar-refractivity contribution in [1.82, 2.24) is 16.0 Å². The van der Waals surface area contributed by atoms with Crippen LogP contribution >= 0.6 is 0 Å². The molecule has 2 aromatic rings. The molecule has 4 atom stereocenters. The molecule has 0 heterocycles. The first-order valence-corrected chi connectivity index (χ1v) is 15.4. The van der Waals surface area contributed by atoms with Crippen molar-refractivity contribution in [3.05, 3.63) is 64.7 Å². The van der Waals surface area contributed by atoms with Gasteiger partial charge in [0.25, 0.3) is 0 Å². The van der Waals surface area contributed by atoms with Crippen molar-refractivity contribution in [3.8, 4) is 5.75 Å². The number of nitrogens with zero attached hydrogens (tertiary/aromatic N) is 1. The Morgan fingerprint density at radius 3 is 1.96 bits per heavy atom. The second-order valence-electron chi connectivity index (χ2n) is 11.4. The predicted molar refractivity (Wildman–Crippen MR) is 177 cm³/mol.